The second-order valence-electron chi connectivity index (χ2n) is 10.1. The topological polar surface area (TPSA) is 59.4 Å². The average Bonchev–Trinajstić information content (AvgIpc) is 3.26. The van der Waals surface area contributed by atoms with Crippen LogP contribution in [0.3, 0.4) is 0 Å². The molecule has 1 saturated heterocycles. The van der Waals surface area contributed by atoms with Crippen molar-refractivity contribution in [1.29, 1.82) is 5.26 Å². The molecule has 5 aromatic carbocycles. The molecular formula is C33H31N4OP. The minimum atomic E-state index is -3.34. The van der Waals surface area contributed by atoms with E-state index in [1.54, 1.807) is 0 Å². The third-order valence-corrected chi connectivity index (χ3v) is 10.6. The average molecular weight is 531 g/mol. The Labute approximate surface area is 229 Å². The van der Waals surface area contributed by atoms with Gasteiger partial charge in [0.15, 0.2) is 0 Å². The molecule has 0 radical (unpaired) electrons. The maximum absolute atomic E-state index is 15.2. The van der Waals surface area contributed by atoms with Crippen molar-refractivity contribution in [2.45, 2.75) is 26.1 Å². The summed E-state index contributed by atoms with van der Waals surface area (Å²) in [4.78, 5) is 0. The molecule has 0 aromatic heterocycles. The van der Waals surface area contributed by atoms with Crippen LogP contribution < -0.4 is 5.09 Å². The Morgan fingerprint density at radius 2 is 1.23 bits per heavy atom. The van der Waals surface area contributed by atoms with Crippen LogP contribution in [-0.4, -0.2) is 22.4 Å². The van der Waals surface area contributed by atoms with Crippen molar-refractivity contribution >= 4 is 29.1 Å². The Hall–Kier alpha value is -3.78. The summed E-state index contributed by atoms with van der Waals surface area (Å²) in [6.07, 6.45) is 0. The van der Waals surface area contributed by atoms with Crippen molar-refractivity contribution in [3.63, 3.8) is 0 Å². The van der Waals surface area contributed by atoms with Gasteiger partial charge in [0.05, 0.1) is 6.07 Å². The Morgan fingerprint density at radius 3 is 1.77 bits per heavy atom. The molecule has 0 spiro atoms. The number of hydrogen-bond acceptors (Lipinski definition) is 2. The number of rotatable bonds is 7. The molecule has 1 fully saturated rings. The number of nitrogens with zero attached hydrogens (tertiary/aromatic N) is 3. The van der Waals surface area contributed by atoms with Gasteiger partial charge >= 0.3 is 0 Å². The molecule has 1 atom stereocenters. The minimum Gasteiger partial charge on any atom is -0.270 e. The molecule has 6 rings (SSSR count). The zero-order valence-electron chi connectivity index (χ0n) is 22.0. The molecule has 0 bridgehead atoms. The number of nitrogens with one attached hydrogen (secondary N) is 1. The van der Waals surface area contributed by atoms with E-state index in [0.29, 0.717) is 26.2 Å². The fourth-order valence-electron chi connectivity index (χ4n) is 5.69. The highest BCUT2D eigenvalue weighted by Gasteiger charge is 2.44. The van der Waals surface area contributed by atoms with Crippen LogP contribution in [0.4, 0.5) is 0 Å². The monoisotopic (exact) mass is 530 g/mol. The van der Waals surface area contributed by atoms with Gasteiger partial charge in [-0.15, -0.1) is 0 Å². The third-order valence-electron chi connectivity index (χ3n) is 7.77. The fraction of sp³-hybridized carbons (Fsp3) is 0.182. The highest BCUT2D eigenvalue weighted by molar-refractivity contribution is 7.57. The summed E-state index contributed by atoms with van der Waals surface area (Å²) >= 11 is 0. The summed E-state index contributed by atoms with van der Waals surface area (Å²) < 4.78 is 19.3. The molecule has 194 valence electrons. The van der Waals surface area contributed by atoms with Gasteiger partial charge in [-0.3, -0.25) is 4.57 Å². The standard InChI is InChI=1S/C33H31N4OP/c1-25-10-2-5-17-30(25)33(22-34)35-39(38)36(23-28-15-8-13-26-11-3-6-18-31(26)28)20-21-37(39)24-29-16-9-14-27-12-4-7-19-32(27)29/h2-19,33H,20-21,23-24H2,1H3,(H,35,38)/t33-/m1/s1. The molecule has 1 N–H and O–H groups in total. The van der Waals surface area contributed by atoms with E-state index >= 15 is 4.57 Å². The SMILES string of the molecule is Cc1ccccc1[C@@H](C#N)NP1(=O)N(Cc2cccc3ccccc23)CCN1Cc1cccc2ccccc12. The first-order chi connectivity index (χ1) is 19.1. The second kappa shape index (κ2) is 10.8. The van der Waals surface area contributed by atoms with Gasteiger partial charge in [0.1, 0.15) is 6.04 Å². The van der Waals surface area contributed by atoms with E-state index in [0.717, 1.165) is 33.0 Å². The first kappa shape index (κ1) is 25.5. The van der Waals surface area contributed by atoms with E-state index in [1.807, 2.05) is 55.5 Å². The maximum Gasteiger partial charge on any atom is 0.286 e. The molecular weight excluding hydrogens is 499 g/mol. The summed E-state index contributed by atoms with van der Waals surface area (Å²) in [6.45, 7) is 4.34. The number of aryl methyl sites for hydroxylation is 1. The van der Waals surface area contributed by atoms with E-state index in [1.165, 1.54) is 10.8 Å². The summed E-state index contributed by atoms with van der Waals surface area (Å²) in [6, 6.07) is 38.7. The van der Waals surface area contributed by atoms with Crippen LogP contribution in [0.15, 0.2) is 109 Å². The molecule has 0 amide bonds. The van der Waals surface area contributed by atoms with Crippen LogP contribution in [0.5, 0.6) is 0 Å². The lowest BCUT2D eigenvalue weighted by molar-refractivity contribution is 0.416. The predicted octanol–water partition coefficient (Wildman–Crippen LogP) is 7.58. The van der Waals surface area contributed by atoms with Gasteiger partial charge in [0.2, 0.25) is 0 Å². The first-order valence-corrected chi connectivity index (χ1v) is 15.0. The number of fused-ring (bicyclic) bond motifs is 2. The quantitative estimate of drug-likeness (QED) is 0.220. The van der Waals surface area contributed by atoms with Gasteiger partial charge in [-0.2, -0.15) is 5.26 Å². The van der Waals surface area contributed by atoms with E-state index in [9.17, 15) is 5.26 Å². The van der Waals surface area contributed by atoms with Crippen LogP contribution >= 0.6 is 7.59 Å². The van der Waals surface area contributed by atoms with Gasteiger partial charge in [-0.05, 0) is 50.7 Å². The van der Waals surface area contributed by atoms with E-state index in [-0.39, 0.29) is 0 Å². The summed E-state index contributed by atoms with van der Waals surface area (Å²) in [5, 5.41) is 18.3. The van der Waals surface area contributed by atoms with Gasteiger partial charge < -0.3 is 0 Å². The zero-order chi connectivity index (χ0) is 26.8. The van der Waals surface area contributed by atoms with Crippen LogP contribution in [-0.2, 0) is 17.7 Å². The summed E-state index contributed by atoms with van der Waals surface area (Å²) in [5.74, 6) is 0. The lowest BCUT2D eigenvalue weighted by Crippen LogP contribution is -2.32. The molecule has 0 aliphatic carbocycles. The van der Waals surface area contributed by atoms with Gasteiger partial charge in [-0.25, -0.2) is 14.4 Å². The number of benzene rings is 5. The smallest absolute Gasteiger partial charge is 0.270 e. The fourth-order valence-corrected chi connectivity index (χ4v) is 8.32. The third kappa shape index (κ3) is 4.89. The van der Waals surface area contributed by atoms with E-state index < -0.39 is 13.6 Å². The van der Waals surface area contributed by atoms with Crippen LogP contribution in [0.25, 0.3) is 21.5 Å². The maximum atomic E-state index is 15.2. The number of nitriles is 1. The normalized spacial score (nSPS) is 16.4. The van der Waals surface area contributed by atoms with Crippen LogP contribution in [0.1, 0.15) is 28.3 Å². The largest absolute Gasteiger partial charge is 0.286 e. The molecule has 39 heavy (non-hydrogen) atoms. The highest BCUT2D eigenvalue weighted by Crippen LogP contribution is 2.56. The van der Waals surface area contributed by atoms with E-state index in [2.05, 4.69) is 81.2 Å². The molecule has 5 nitrogen and oxygen atoms in total. The number of hydrogen-bond donors (Lipinski definition) is 1. The molecule has 5 aromatic rings. The predicted molar refractivity (Wildman–Crippen MR) is 159 cm³/mol. The van der Waals surface area contributed by atoms with Crippen molar-refractivity contribution < 1.29 is 4.57 Å². The Bertz CT molecular complexity index is 1640. The zero-order valence-corrected chi connectivity index (χ0v) is 22.9. The Morgan fingerprint density at radius 1 is 0.744 bits per heavy atom. The lowest BCUT2D eigenvalue weighted by Gasteiger charge is -2.33. The van der Waals surface area contributed by atoms with Crippen molar-refractivity contribution in [1.82, 2.24) is 14.4 Å². The molecule has 6 heteroatoms. The van der Waals surface area contributed by atoms with Gasteiger partial charge in [0, 0.05) is 26.2 Å². The Kier molecular flexibility index (Phi) is 7.04. The summed E-state index contributed by atoms with van der Waals surface area (Å²) in [5.41, 5.74) is 4.12. The Balaban J connectivity index is 1.39. The molecule has 0 saturated carbocycles. The lowest BCUT2D eigenvalue weighted by atomic mass is 10.0. The minimum absolute atomic E-state index is 0.531. The molecule has 1 heterocycles. The highest BCUT2D eigenvalue weighted by atomic mass is 31.2. The van der Waals surface area contributed by atoms with Crippen molar-refractivity contribution in [2.75, 3.05) is 13.1 Å². The molecule has 1 aliphatic rings. The van der Waals surface area contributed by atoms with Crippen LogP contribution in [0.2, 0.25) is 0 Å². The van der Waals surface area contributed by atoms with Crippen molar-refractivity contribution in [3.05, 3.63) is 131 Å². The van der Waals surface area contributed by atoms with Crippen molar-refractivity contribution in [2.24, 2.45) is 0 Å². The van der Waals surface area contributed by atoms with E-state index in [4.69, 9.17) is 0 Å². The van der Waals surface area contributed by atoms with Crippen LogP contribution in [0, 0.1) is 18.3 Å². The van der Waals surface area contributed by atoms with Gasteiger partial charge in [-0.1, -0.05) is 109 Å². The van der Waals surface area contributed by atoms with Gasteiger partial charge in [0.25, 0.3) is 7.59 Å². The second-order valence-corrected chi connectivity index (χ2v) is 12.6. The first-order valence-electron chi connectivity index (χ1n) is 13.3. The van der Waals surface area contributed by atoms with Crippen molar-refractivity contribution in [3.8, 4) is 6.07 Å². The molecule has 0 unspecified atom stereocenters. The molecule has 1 aliphatic heterocycles. The summed E-state index contributed by atoms with van der Waals surface area (Å²) in [7, 11) is -3.34.